The molecule has 8 rings (SSSR count). The van der Waals surface area contributed by atoms with Gasteiger partial charge in [0, 0.05) is 10.6 Å². The Bertz CT molecular complexity index is 1630. The Morgan fingerprint density at radius 2 is 1.56 bits per heavy atom. The van der Waals surface area contributed by atoms with Crippen molar-refractivity contribution in [2.45, 2.75) is 50.5 Å². The summed E-state index contributed by atoms with van der Waals surface area (Å²) in [6.45, 7) is 0.206. The third-order valence-electron chi connectivity index (χ3n) is 9.54. The van der Waals surface area contributed by atoms with Crippen LogP contribution in [0.1, 0.15) is 55.2 Å². The summed E-state index contributed by atoms with van der Waals surface area (Å²) >= 11 is 16.3. The van der Waals surface area contributed by atoms with Gasteiger partial charge in [-0.3, -0.25) is 14.9 Å². The molecule has 6 nitrogen and oxygen atoms in total. The van der Waals surface area contributed by atoms with Gasteiger partial charge in [0.15, 0.2) is 5.75 Å². The molecule has 0 aromatic heterocycles. The fraction of sp³-hybridized carbons (Fsp3) is 0.324. The van der Waals surface area contributed by atoms with Gasteiger partial charge in [0.2, 0.25) is 0 Å². The lowest BCUT2D eigenvalue weighted by Gasteiger charge is -2.57. The average Bonchev–Trinajstić information content (AvgIpc) is 2.95. The van der Waals surface area contributed by atoms with Crippen LogP contribution < -0.4 is 15.0 Å². The SMILES string of the molecule is O=C1NC(=O)N(c2ccc(C34CC5CC(CC(C5)C3)C4)cc2)C(=O)/C1=C/c1cc(Cl)c(OCc2ccccc2Cl)c(Br)c1. The normalized spacial score (nSPS) is 27.1. The lowest BCUT2D eigenvalue weighted by atomic mass is 9.48. The Balaban J connectivity index is 1.12. The quantitative estimate of drug-likeness (QED) is 0.210. The number of nitrogens with zero attached hydrogens (tertiary/aromatic N) is 1. The molecule has 0 unspecified atom stereocenters. The van der Waals surface area contributed by atoms with E-state index >= 15 is 0 Å². The number of hydrogen-bond donors (Lipinski definition) is 1. The van der Waals surface area contributed by atoms with Crippen LogP contribution in [-0.2, 0) is 21.6 Å². The van der Waals surface area contributed by atoms with Crippen molar-refractivity contribution in [2.75, 3.05) is 4.90 Å². The van der Waals surface area contributed by atoms with Gasteiger partial charge < -0.3 is 4.74 Å². The van der Waals surface area contributed by atoms with Gasteiger partial charge in [-0.15, -0.1) is 0 Å². The molecule has 0 radical (unpaired) electrons. The topological polar surface area (TPSA) is 75.7 Å². The number of anilines is 1. The molecule has 3 aromatic rings. The van der Waals surface area contributed by atoms with Crippen LogP contribution in [0.4, 0.5) is 10.5 Å². The average molecular weight is 680 g/mol. The van der Waals surface area contributed by atoms with E-state index in [-0.39, 0.29) is 22.6 Å². The molecule has 3 aromatic carbocycles. The van der Waals surface area contributed by atoms with Crippen LogP contribution >= 0.6 is 39.1 Å². The van der Waals surface area contributed by atoms with E-state index in [0.29, 0.717) is 26.5 Å². The molecular weight excluding hydrogens is 651 g/mol. The molecule has 1 N–H and O–H groups in total. The van der Waals surface area contributed by atoms with Crippen molar-refractivity contribution >= 4 is 68.7 Å². The molecule has 5 fully saturated rings. The Kier molecular flexibility index (Phi) is 7.39. The minimum Gasteiger partial charge on any atom is -0.486 e. The summed E-state index contributed by atoms with van der Waals surface area (Å²) in [6.07, 6.45) is 9.20. The van der Waals surface area contributed by atoms with Gasteiger partial charge in [0.05, 0.1) is 15.2 Å². The monoisotopic (exact) mass is 678 g/mol. The number of urea groups is 1. The summed E-state index contributed by atoms with van der Waals surface area (Å²) in [6, 6.07) is 17.7. The van der Waals surface area contributed by atoms with Gasteiger partial charge in [-0.2, -0.15) is 0 Å². The van der Waals surface area contributed by atoms with Gasteiger partial charge in [-0.05, 0) is 125 Å². The Morgan fingerprint density at radius 1 is 0.907 bits per heavy atom. The van der Waals surface area contributed by atoms with Crippen molar-refractivity contribution < 1.29 is 19.1 Å². The highest BCUT2D eigenvalue weighted by Gasteiger charge is 2.51. The second-order valence-corrected chi connectivity index (χ2v) is 14.1. The van der Waals surface area contributed by atoms with Crippen molar-refractivity contribution in [1.82, 2.24) is 5.32 Å². The zero-order chi connectivity index (χ0) is 29.9. The van der Waals surface area contributed by atoms with Crippen molar-refractivity contribution in [3.8, 4) is 5.75 Å². The summed E-state index contributed by atoms with van der Waals surface area (Å²) in [5, 5.41) is 3.18. The Morgan fingerprint density at radius 3 is 2.19 bits per heavy atom. The first-order valence-corrected chi connectivity index (χ1v) is 16.1. The largest absolute Gasteiger partial charge is 0.486 e. The number of benzene rings is 3. The maximum absolute atomic E-state index is 13.6. The van der Waals surface area contributed by atoms with Crippen LogP contribution in [0.2, 0.25) is 10.0 Å². The smallest absolute Gasteiger partial charge is 0.335 e. The van der Waals surface area contributed by atoms with E-state index in [0.717, 1.165) is 28.2 Å². The number of imide groups is 2. The summed E-state index contributed by atoms with van der Waals surface area (Å²) in [4.78, 5) is 40.3. The van der Waals surface area contributed by atoms with E-state index in [9.17, 15) is 14.4 Å². The molecule has 43 heavy (non-hydrogen) atoms. The number of amides is 4. The van der Waals surface area contributed by atoms with Crippen molar-refractivity contribution in [2.24, 2.45) is 17.8 Å². The fourth-order valence-electron chi connectivity index (χ4n) is 8.05. The highest BCUT2D eigenvalue weighted by atomic mass is 79.9. The zero-order valence-electron chi connectivity index (χ0n) is 23.2. The zero-order valence-corrected chi connectivity index (χ0v) is 26.3. The predicted octanol–water partition coefficient (Wildman–Crippen LogP) is 8.47. The first kappa shape index (κ1) is 28.6. The maximum Gasteiger partial charge on any atom is 0.335 e. The van der Waals surface area contributed by atoms with Crippen LogP contribution in [0.15, 0.2) is 70.7 Å². The van der Waals surface area contributed by atoms with Crippen LogP contribution in [0.25, 0.3) is 6.08 Å². The van der Waals surface area contributed by atoms with Gasteiger partial charge in [0.1, 0.15) is 12.2 Å². The fourth-order valence-corrected chi connectivity index (χ4v) is 9.23. The molecule has 1 aliphatic heterocycles. The molecule has 1 heterocycles. The number of hydrogen-bond acceptors (Lipinski definition) is 4. The summed E-state index contributed by atoms with van der Waals surface area (Å²) < 4.78 is 6.45. The molecular formula is C34H29BrCl2N2O4. The lowest BCUT2D eigenvalue weighted by molar-refractivity contribution is -0.122. The van der Waals surface area contributed by atoms with E-state index < -0.39 is 17.8 Å². The standard InChI is InChI=1S/C34H29BrCl2N2O4/c35-27-13-19(14-29(37)30(27)43-18-23-3-1-2-4-28(23)36)12-26-31(40)38-33(42)39(32(26)41)25-7-5-24(6-8-25)34-15-20-9-21(16-34)11-22(10-20)17-34/h1-8,12-14,20-22H,9-11,15-18H2,(H,38,40,42)/b26-12+. The molecule has 220 valence electrons. The second-order valence-electron chi connectivity index (χ2n) is 12.4. The van der Waals surface area contributed by atoms with Crippen molar-refractivity contribution in [3.05, 3.63) is 97.4 Å². The Hall–Kier alpha value is -3.13. The summed E-state index contributed by atoms with van der Waals surface area (Å²) in [7, 11) is 0. The molecule has 1 saturated heterocycles. The number of rotatable bonds is 6. The number of ether oxygens (including phenoxy) is 1. The summed E-state index contributed by atoms with van der Waals surface area (Å²) in [5.41, 5.74) is 3.06. The van der Waals surface area contributed by atoms with E-state index in [1.807, 2.05) is 30.3 Å². The van der Waals surface area contributed by atoms with Crippen LogP contribution in [-0.4, -0.2) is 17.8 Å². The highest BCUT2D eigenvalue weighted by Crippen LogP contribution is 2.60. The van der Waals surface area contributed by atoms with Gasteiger partial charge in [-0.1, -0.05) is 53.5 Å². The number of carbonyl (C=O) groups excluding carboxylic acids is 3. The minimum absolute atomic E-state index is 0.169. The van der Waals surface area contributed by atoms with E-state index in [1.165, 1.54) is 50.2 Å². The Labute approximate surface area is 268 Å². The number of barbiturate groups is 1. The van der Waals surface area contributed by atoms with Crippen molar-refractivity contribution in [1.29, 1.82) is 0 Å². The van der Waals surface area contributed by atoms with E-state index in [2.05, 4.69) is 33.4 Å². The molecule has 4 bridgehead atoms. The number of carbonyl (C=O) groups is 3. The molecule has 4 saturated carbocycles. The van der Waals surface area contributed by atoms with Gasteiger partial charge >= 0.3 is 6.03 Å². The molecule has 9 heteroatoms. The van der Waals surface area contributed by atoms with E-state index in [1.54, 1.807) is 18.2 Å². The number of nitrogens with one attached hydrogen (secondary N) is 1. The number of halogens is 3. The highest BCUT2D eigenvalue weighted by molar-refractivity contribution is 9.10. The minimum atomic E-state index is -0.766. The van der Waals surface area contributed by atoms with E-state index in [4.69, 9.17) is 27.9 Å². The maximum atomic E-state index is 13.6. The first-order chi connectivity index (χ1) is 20.7. The summed E-state index contributed by atoms with van der Waals surface area (Å²) in [5.74, 6) is 1.39. The predicted molar refractivity (Wildman–Crippen MR) is 170 cm³/mol. The van der Waals surface area contributed by atoms with Crippen molar-refractivity contribution in [3.63, 3.8) is 0 Å². The molecule has 5 aliphatic rings. The lowest BCUT2D eigenvalue weighted by Crippen LogP contribution is -2.54. The molecule has 0 spiro atoms. The molecule has 0 atom stereocenters. The second kappa shape index (κ2) is 11.1. The molecule has 4 amide bonds. The molecule has 4 aliphatic carbocycles. The van der Waals surface area contributed by atoms with Gasteiger partial charge in [0.25, 0.3) is 11.8 Å². The third-order valence-corrected chi connectivity index (χ3v) is 10.8. The third kappa shape index (κ3) is 5.30. The van der Waals surface area contributed by atoms with Crippen LogP contribution in [0.5, 0.6) is 5.75 Å². The van der Waals surface area contributed by atoms with Crippen LogP contribution in [0.3, 0.4) is 0 Å². The van der Waals surface area contributed by atoms with Gasteiger partial charge in [-0.25, -0.2) is 9.69 Å². The first-order valence-electron chi connectivity index (χ1n) is 14.6. The van der Waals surface area contributed by atoms with Crippen LogP contribution in [0, 0.1) is 17.8 Å².